The molecule has 0 amide bonds. The van der Waals surface area contributed by atoms with E-state index in [1.807, 2.05) is 6.20 Å². The number of aromatic nitrogens is 3. The molecule has 0 aliphatic heterocycles. The highest BCUT2D eigenvalue weighted by atomic mass is 15.2. The topological polar surface area (TPSA) is 34.0 Å². The molecule has 1 fully saturated rings. The van der Waals surface area contributed by atoms with Crippen molar-refractivity contribution in [1.29, 1.82) is 0 Å². The van der Waals surface area contributed by atoms with Gasteiger partial charge in [0.25, 0.3) is 0 Å². The minimum atomic E-state index is 0.426. The Hall–Kier alpha value is -1.94. The van der Waals surface area contributed by atoms with Gasteiger partial charge in [0.15, 0.2) is 0 Å². The van der Waals surface area contributed by atoms with Crippen LogP contribution in [0.2, 0.25) is 0 Å². The Morgan fingerprint density at radius 1 is 1.18 bits per heavy atom. The molecule has 2 aliphatic carbocycles. The van der Waals surface area contributed by atoms with Gasteiger partial charge < -0.3 is 4.57 Å². The Bertz CT molecular complexity index is 829. The summed E-state index contributed by atoms with van der Waals surface area (Å²) < 4.78 is 2.29. The second-order valence-electron chi connectivity index (χ2n) is 8.48. The van der Waals surface area contributed by atoms with Crippen LogP contribution in [-0.2, 0) is 20.0 Å². The molecule has 1 atom stereocenters. The fraction of sp³-hybridized carbons (Fsp3) is 0.583. The van der Waals surface area contributed by atoms with Gasteiger partial charge in [0.1, 0.15) is 5.82 Å². The SMILES string of the molecule is C/C=C\c1nc(CN(C2CCCCC2)C2CCCc3cccnc32)n(C)c1C. The van der Waals surface area contributed by atoms with E-state index in [0.29, 0.717) is 12.1 Å². The fourth-order valence-electron chi connectivity index (χ4n) is 5.09. The molecule has 0 bridgehead atoms. The van der Waals surface area contributed by atoms with E-state index in [0.717, 1.165) is 12.2 Å². The molecule has 4 nitrogen and oxygen atoms in total. The van der Waals surface area contributed by atoms with Gasteiger partial charge in [-0.3, -0.25) is 9.88 Å². The summed E-state index contributed by atoms with van der Waals surface area (Å²) in [6, 6.07) is 5.45. The van der Waals surface area contributed by atoms with Crippen LogP contribution in [0.4, 0.5) is 0 Å². The average molecular weight is 379 g/mol. The third-order valence-electron chi connectivity index (χ3n) is 6.77. The first-order valence-electron chi connectivity index (χ1n) is 11.0. The summed E-state index contributed by atoms with van der Waals surface area (Å²) in [6.07, 6.45) is 16.5. The molecular weight excluding hydrogens is 344 g/mol. The second-order valence-corrected chi connectivity index (χ2v) is 8.48. The summed E-state index contributed by atoms with van der Waals surface area (Å²) in [5.74, 6) is 1.18. The zero-order chi connectivity index (χ0) is 19.5. The quantitative estimate of drug-likeness (QED) is 0.701. The van der Waals surface area contributed by atoms with E-state index in [1.54, 1.807) is 0 Å². The lowest BCUT2D eigenvalue weighted by Crippen LogP contribution is -2.41. The molecule has 28 heavy (non-hydrogen) atoms. The fourth-order valence-corrected chi connectivity index (χ4v) is 5.09. The first kappa shape index (κ1) is 19.4. The molecule has 2 aliphatic rings. The Kier molecular flexibility index (Phi) is 5.96. The molecule has 0 aromatic carbocycles. The second kappa shape index (κ2) is 8.60. The molecule has 0 saturated heterocycles. The molecule has 2 heterocycles. The maximum Gasteiger partial charge on any atom is 0.123 e. The number of fused-ring (bicyclic) bond motifs is 1. The predicted molar refractivity (Wildman–Crippen MR) is 115 cm³/mol. The van der Waals surface area contributed by atoms with Crippen LogP contribution in [0.25, 0.3) is 6.08 Å². The van der Waals surface area contributed by atoms with E-state index in [2.05, 4.69) is 54.6 Å². The first-order chi connectivity index (χ1) is 13.7. The van der Waals surface area contributed by atoms with Crippen molar-refractivity contribution in [3.05, 3.63) is 52.9 Å². The zero-order valence-electron chi connectivity index (χ0n) is 17.7. The number of allylic oxidation sites excluding steroid dienone is 1. The van der Waals surface area contributed by atoms with Crippen LogP contribution in [0, 0.1) is 6.92 Å². The number of rotatable bonds is 5. The van der Waals surface area contributed by atoms with Crippen molar-refractivity contribution in [3.63, 3.8) is 0 Å². The van der Waals surface area contributed by atoms with Crippen molar-refractivity contribution >= 4 is 6.08 Å². The highest BCUT2D eigenvalue weighted by molar-refractivity contribution is 5.47. The molecule has 0 spiro atoms. The molecule has 0 N–H and O–H groups in total. The molecule has 4 heteroatoms. The summed E-state index contributed by atoms with van der Waals surface area (Å²) in [5.41, 5.74) is 5.12. The Labute approximate surface area is 169 Å². The minimum absolute atomic E-state index is 0.426. The number of nitrogens with zero attached hydrogens (tertiary/aromatic N) is 4. The van der Waals surface area contributed by atoms with Gasteiger partial charge in [0.2, 0.25) is 0 Å². The maximum atomic E-state index is 5.00. The van der Waals surface area contributed by atoms with Gasteiger partial charge in [-0.15, -0.1) is 0 Å². The lowest BCUT2D eigenvalue weighted by atomic mass is 9.87. The molecule has 0 radical (unpaired) electrons. The summed E-state index contributed by atoms with van der Waals surface area (Å²) in [4.78, 5) is 12.6. The molecule has 150 valence electrons. The molecule has 2 aromatic heterocycles. The largest absolute Gasteiger partial charge is 0.334 e. The lowest BCUT2D eigenvalue weighted by molar-refractivity contribution is 0.0782. The molecular formula is C24H34N4. The molecule has 4 rings (SSSR count). The van der Waals surface area contributed by atoms with Gasteiger partial charge in [-0.1, -0.05) is 31.4 Å². The van der Waals surface area contributed by atoms with E-state index in [9.17, 15) is 0 Å². The van der Waals surface area contributed by atoms with Gasteiger partial charge in [0.05, 0.1) is 24.0 Å². The highest BCUT2D eigenvalue weighted by Crippen LogP contribution is 2.38. The monoisotopic (exact) mass is 378 g/mol. The Morgan fingerprint density at radius 2 is 2.00 bits per heavy atom. The number of imidazole rings is 1. The molecule has 1 saturated carbocycles. The molecule has 2 aromatic rings. The number of aryl methyl sites for hydroxylation is 1. The van der Waals surface area contributed by atoms with Gasteiger partial charge >= 0.3 is 0 Å². The minimum Gasteiger partial charge on any atom is -0.334 e. The van der Waals surface area contributed by atoms with Crippen LogP contribution in [0.3, 0.4) is 0 Å². The molecule has 1 unspecified atom stereocenters. The first-order valence-corrected chi connectivity index (χ1v) is 11.0. The summed E-state index contributed by atoms with van der Waals surface area (Å²) in [5, 5.41) is 0. The van der Waals surface area contributed by atoms with E-state index in [4.69, 9.17) is 9.97 Å². The third-order valence-corrected chi connectivity index (χ3v) is 6.77. The summed E-state index contributed by atoms with van der Waals surface area (Å²) in [7, 11) is 2.16. The van der Waals surface area contributed by atoms with Crippen molar-refractivity contribution in [1.82, 2.24) is 19.4 Å². The van der Waals surface area contributed by atoms with Crippen LogP contribution in [0.15, 0.2) is 24.4 Å². The van der Waals surface area contributed by atoms with Crippen molar-refractivity contribution in [3.8, 4) is 0 Å². The van der Waals surface area contributed by atoms with E-state index < -0.39 is 0 Å². The highest BCUT2D eigenvalue weighted by Gasteiger charge is 2.33. The number of pyridine rings is 1. The van der Waals surface area contributed by atoms with Crippen LogP contribution in [-0.4, -0.2) is 25.5 Å². The smallest absolute Gasteiger partial charge is 0.123 e. The van der Waals surface area contributed by atoms with Crippen molar-refractivity contribution in [2.24, 2.45) is 7.05 Å². The van der Waals surface area contributed by atoms with E-state index in [-0.39, 0.29) is 0 Å². The van der Waals surface area contributed by atoms with Crippen LogP contribution in [0.5, 0.6) is 0 Å². The summed E-state index contributed by atoms with van der Waals surface area (Å²) in [6.45, 7) is 5.15. The van der Waals surface area contributed by atoms with Gasteiger partial charge in [0, 0.05) is 25.0 Å². The third kappa shape index (κ3) is 3.80. The zero-order valence-corrected chi connectivity index (χ0v) is 17.7. The van der Waals surface area contributed by atoms with Crippen molar-refractivity contribution in [2.75, 3.05) is 0 Å². The summed E-state index contributed by atoms with van der Waals surface area (Å²) >= 11 is 0. The van der Waals surface area contributed by atoms with Crippen LogP contribution in [0.1, 0.15) is 86.4 Å². The van der Waals surface area contributed by atoms with Crippen LogP contribution < -0.4 is 0 Å². The normalized spacial score (nSPS) is 20.8. The van der Waals surface area contributed by atoms with Gasteiger partial charge in [-0.25, -0.2) is 4.98 Å². The standard InChI is InChI=1S/C24H34N4/c1-4-10-21-18(2)27(3)23(26-21)17-28(20-13-6-5-7-14-20)22-15-8-11-19-12-9-16-25-24(19)22/h4,9-10,12,16,20,22H,5-8,11,13-15,17H2,1-3H3/b10-4-. The Balaban J connectivity index is 1.68. The number of hydrogen-bond donors (Lipinski definition) is 0. The lowest BCUT2D eigenvalue weighted by Gasteiger charge is -2.41. The maximum absolute atomic E-state index is 5.00. The number of hydrogen-bond acceptors (Lipinski definition) is 3. The van der Waals surface area contributed by atoms with E-state index in [1.165, 1.54) is 74.1 Å². The van der Waals surface area contributed by atoms with Gasteiger partial charge in [-0.05, 0) is 63.7 Å². The predicted octanol–water partition coefficient (Wildman–Crippen LogP) is 5.37. The Morgan fingerprint density at radius 3 is 2.79 bits per heavy atom. The van der Waals surface area contributed by atoms with E-state index >= 15 is 0 Å². The van der Waals surface area contributed by atoms with Gasteiger partial charge in [-0.2, -0.15) is 0 Å². The average Bonchev–Trinajstić information content (AvgIpc) is 3.00. The van der Waals surface area contributed by atoms with Crippen molar-refractivity contribution < 1.29 is 0 Å². The van der Waals surface area contributed by atoms with Crippen LogP contribution >= 0.6 is 0 Å². The van der Waals surface area contributed by atoms with Crippen molar-refractivity contribution in [2.45, 2.75) is 83.8 Å².